The van der Waals surface area contributed by atoms with Crippen molar-refractivity contribution in [3.8, 4) is 0 Å². The van der Waals surface area contributed by atoms with E-state index in [1.54, 1.807) is 47.8 Å². The van der Waals surface area contributed by atoms with Gasteiger partial charge in [0.05, 0.1) is 6.16 Å². The molecule has 1 heterocycles. The van der Waals surface area contributed by atoms with Crippen LogP contribution in [0.5, 0.6) is 0 Å². The van der Waals surface area contributed by atoms with Gasteiger partial charge in [-0.15, -0.1) is 11.3 Å². The lowest BCUT2D eigenvalue weighted by Crippen LogP contribution is -2.26. The largest absolute Gasteiger partial charge is 0.480 e. The van der Waals surface area contributed by atoms with Crippen molar-refractivity contribution in [2.24, 2.45) is 0 Å². The van der Waals surface area contributed by atoms with Gasteiger partial charge in [-0.3, -0.25) is 9.36 Å². The van der Waals surface area contributed by atoms with Crippen LogP contribution < -0.4 is 5.09 Å². The van der Waals surface area contributed by atoms with Gasteiger partial charge in [-0.2, -0.15) is 0 Å². The first-order valence-corrected chi connectivity index (χ1v) is 8.60. The van der Waals surface area contributed by atoms with E-state index in [9.17, 15) is 19.4 Å². The van der Waals surface area contributed by atoms with Crippen molar-refractivity contribution >= 4 is 24.8 Å². The zero-order valence-electron chi connectivity index (χ0n) is 10.5. The summed E-state index contributed by atoms with van der Waals surface area (Å²) in [4.78, 5) is 22.0. The van der Waals surface area contributed by atoms with Gasteiger partial charge in [0.2, 0.25) is 0 Å². The third kappa shape index (κ3) is 4.02. The first-order valence-electron chi connectivity index (χ1n) is 5.88. The van der Waals surface area contributed by atoms with Crippen LogP contribution in [0, 0.1) is 0 Å². The predicted molar refractivity (Wildman–Crippen MR) is 77.8 cm³/mol. The van der Waals surface area contributed by atoms with Crippen molar-refractivity contribution in [3.63, 3.8) is 0 Å². The molecule has 0 aliphatic carbocycles. The molecule has 3 N–H and O–H groups in total. The molecule has 0 fully saturated rings. The Balaban J connectivity index is 2.16. The lowest BCUT2D eigenvalue weighted by molar-refractivity contribution is -0.139. The minimum atomic E-state index is -3.78. The zero-order valence-corrected chi connectivity index (χ0v) is 12.2. The molecule has 2 atom stereocenters. The third-order valence-corrected chi connectivity index (χ3v) is 5.18. The summed E-state index contributed by atoms with van der Waals surface area (Å²) in [5, 5.41) is 13.4. The standard InChI is InChI=1S/C13H14NO4PS/c15-13(16)12(10-5-2-1-3-6-10)14-19(17,18)9-11-7-4-8-20-11/h1-8,12H,9H2,(H,15,16)(H2,14,17,18). The second-order valence-electron chi connectivity index (χ2n) is 4.25. The number of carboxylic acid groups (broad SMARTS) is 1. The maximum Gasteiger partial charge on any atom is 0.325 e. The number of carbonyl (C=O) groups is 1. The van der Waals surface area contributed by atoms with Crippen LogP contribution in [-0.2, 0) is 15.5 Å². The van der Waals surface area contributed by atoms with Gasteiger partial charge in [-0.05, 0) is 17.0 Å². The SMILES string of the molecule is O=C(O)C(NP(=O)(O)Cc1cccs1)c1ccccc1. The lowest BCUT2D eigenvalue weighted by Gasteiger charge is -2.19. The second kappa shape index (κ2) is 6.33. The van der Waals surface area contributed by atoms with Gasteiger partial charge in [0.15, 0.2) is 0 Å². The highest BCUT2D eigenvalue weighted by Crippen LogP contribution is 2.43. The van der Waals surface area contributed by atoms with Gasteiger partial charge in [0, 0.05) is 4.88 Å². The van der Waals surface area contributed by atoms with Gasteiger partial charge >= 0.3 is 5.97 Å². The van der Waals surface area contributed by atoms with Crippen molar-refractivity contribution in [1.82, 2.24) is 5.09 Å². The summed E-state index contributed by atoms with van der Waals surface area (Å²) in [5.41, 5.74) is 0.445. The van der Waals surface area contributed by atoms with Crippen molar-refractivity contribution in [2.75, 3.05) is 0 Å². The molecule has 0 bridgehead atoms. The Kier molecular flexibility index (Phi) is 4.73. The molecule has 0 aliphatic heterocycles. The molecule has 5 nitrogen and oxygen atoms in total. The monoisotopic (exact) mass is 311 g/mol. The molecule has 0 saturated carbocycles. The van der Waals surface area contributed by atoms with E-state index in [-0.39, 0.29) is 6.16 Å². The summed E-state index contributed by atoms with van der Waals surface area (Å²) >= 11 is 1.36. The van der Waals surface area contributed by atoms with Crippen LogP contribution in [-0.4, -0.2) is 16.0 Å². The summed E-state index contributed by atoms with van der Waals surface area (Å²) in [7, 11) is -3.78. The summed E-state index contributed by atoms with van der Waals surface area (Å²) in [6.45, 7) is 0. The Morgan fingerprint density at radius 3 is 2.50 bits per heavy atom. The number of hydrogen-bond donors (Lipinski definition) is 3. The molecule has 1 aromatic carbocycles. The first kappa shape index (κ1) is 14.9. The normalized spacial score (nSPS) is 15.4. The van der Waals surface area contributed by atoms with Crippen LogP contribution in [0.3, 0.4) is 0 Å². The van der Waals surface area contributed by atoms with E-state index in [4.69, 9.17) is 0 Å². The first-order chi connectivity index (χ1) is 9.48. The van der Waals surface area contributed by atoms with Crippen molar-refractivity contribution in [3.05, 3.63) is 58.3 Å². The number of aliphatic carboxylic acids is 1. The molecular formula is C13H14NO4PS. The summed E-state index contributed by atoms with van der Waals surface area (Å²) < 4.78 is 12.2. The quantitative estimate of drug-likeness (QED) is 0.714. The van der Waals surface area contributed by atoms with Crippen LogP contribution in [0.25, 0.3) is 0 Å². The molecule has 2 rings (SSSR count). The highest BCUT2D eigenvalue weighted by atomic mass is 32.1. The number of carboxylic acids is 1. The maximum atomic E-state index is 12.2. The molecule has 2 aromatic rings. The van der Waals surface area contributed by atoms with E-state index in [2.05, 4.69) is 5.09 Å². The average molecular weight is 311 g/mol. The fourth-order valence-corrected chi connectivity index (χ4v) is 4.37. The number of thiophene rings is 1. The van der Waals surface area contributed by atoms with Gasteiger partial charge in [-0.1, -0.05) is 36.4 Å². The van der Waals surface area contributed by atoms with Gasteiger partial charge in [0.25, 0.3) is 7.52 Å². The smallest absolute Gasteiger partial charge is 0.325 e. The van der Waals surface area contributed by atoms with E-state index in [1.807, 2.05) is 0 Å². The average Bonchev–Trinajstić information content (AvgIpc) is 2.89. The van der Waals surface area contributed by atoms with E-state index in [1.165, 1.54) is 11.3 Å². The van der Waals surface area contributed by atoms with E-state index in [0.717, 1.165) is 4.88 Å². The van der Waals surface area contributed by atoms with Crippen LogP contribution in [0.15, 0.2) is 47.8 Å². The Labute approximate surface area is 120 Å². The molecule has 0 saturated heterocycles. The predicted octanol–water partition coefficient (Wildman–Crippen LogP) is 2.85. The van der Waals surface area contributed by atoms with E-state index < -0.39 is 19.5 Å². The third-order valence-electron chi connectivity index (χ3n) is 2.66. The van der Waals surface area contributed by atoms with Crippen molar-refractivity contribution < 1.29 is 19.4 Å². The van der Waals surface area contributed by atoms with Crippen LogP contribution in [0.4, 0.5) is 0 Å². The Bertz CT molecular complexity index is 615. The Hall–Kier alpha value is -1.46. The maximum absolute atomic E-state index is 12.2. The lowest BCUT2D eigenvalue weighted by atomic mass is 10.1. The molecule has 0 aliphatic rings. The van der Waals surface area contributed by atoms with E-state index >= 15 is 0 Å². The Morgan fingerprint density at radius 1 is 1.25 bits per heavy atom. The molecule has 2 unspecified atom stereocenters. The highest BCUT2D eigenvalue weighted by molar-refractivity contribution is 7.55. The van der Waals surface area contributed by atoms with Crippen LogP contribution in [0.1, 0.15) is 16.5 Å². The second-order valence-corrected chi connectivity index (χ2v) is 7.26. The molecule has 7 heteroatoms. The fourth-order valence-electron chi connectivity index (χ4n) is 1.78. The van der Waals surface area contributed by atoms with Gasteiger partial charge in [-0.25, -0.2) is 5.09 Å². The number of rotatable bonds is 6. The van der Waals surface area contributed by atoms with Crippen molar-refractivity contribution in [2.45, 2.75) is 12.2 Å². The summed E-state index contributed by atoms with van der Waals surface area (Å²) in [5.74, 6) is -1.18. The van der Waals surface area contributed by atoms with Crippen molar-refractivity contribution in [1.29, 1.82) is 0 Å². The van der Waals surface area contributed by atoms with Gasteiger partial charge < -0.3 is 10.00 Å². The minimum Gasteiger partial charge on any atom is -0.480 e. The summed E-state index contributed by atoms with van der Waals surface area (Å²) in [6.07, 6.45) is -0.0821. The molecule has 1 aromatic heterocycles. The molecular weight excluding hydrogens is 297 g/mol. The highest BCUT2D eigenvalue weighted by Gasteiger charge is 2.29. The molecule has 106 valence electrons. The topological polar surface area (TPSA) is 86.6 Å². The zero-order chi connectivity index (χ0) is 14.6. The molecule has 0 amide bonds. The number of benzene rings is 1. The minimum absolute atomic E-state index is 0.0821. The van der Waals surface area contributed by atoms with Crippen LogP contribution in [0.2, 0.25) is 0 Å². The molecule has 20 heavy (non-hydrogen) atoms. The number of hydrogen-bond acceptors (Lipinski definition) is 3. The van der Waals surface area contributed by atoms with E-state index in [0.29, 0.717) is 5.56 Å². The van der Waals surface area contributed by atoms with Gasteiger partial charge in [0.1, 0.15) is 6.04 Å². The number of nitrogens with one attached hydrogen (secondary N) is 1. The Morgan fingerprint density at radius 2 is 1.95 bits per heavy atom. The fraction of sp³-hybridized carbons (Fsp3) is 0.154. The van der Waals surface area contributed by atoms with Crippen LogP contribution >= 0.6 is 18.9 Å². The summed E-state index contributed by atoms with van der Waals surface area (Å²) in [6, 6.07) is 10.7. The molecule has 0 radical (unpaired) electrons. The molecule has 0 spiro atoms.